The topological polar surface area (TPSA) is 85.7 Å². The highest BCUT2D eigenvalue weighted by Crippen LogP contribution is 2.22. The summed E-state index contributed by atoms with van der Waals surface area (Å²) in [5.41, 5.74) is 1.23. The van der Waals surface area contributed by atoms with Crippen LogP contribution in [0.25, 0.3) is 0 Å². The van der Waals surface area contributed by atoms with Crippen molar-refractivity contribution in [1.82, 2.24) is 14.7 Å². The Bertz CT molecular complexity index is 603. The van der Waals surface area contributed by atoms with Gasteiger partial charge in [-0.15, -0.1) is 0 Å². The van der Waals surface area contributed by atoms with Crippen molar-refractivity contribution in [2.45, 2.75) is 52.8 Å². The highest BCUT2D eigenvalue weighted by Gasteiger charge is 2.27. The standard InChI is InChI=1S/C15H24N4O4/c1-10-11-9-18(7-6-8-19(11)17-12(10)16-5)13(20)22-14(21)23-15(2,3)4/h6-9H2,1-5H3,(H,16,17). The highest BCUT2D eigenvalue weighted by atomic mass is 16.8. The van der Waals surface area contributed by atoms with Gasteiger partial charge in [-0.2, -0.15) is 5.10 Å². The van der Waals surface area contributed by atoms with Crippen LogP contribution in [0.3, 0.4) is 0 Å². The van der Waals surface area contributed by atoms with Gasteiger partial charge in [0.25, 0.3) is 0 Å². The molecule has 8 heteroatoms. The molecule has 0 saturated heterocycles. The van der Waals surface area contributed by atoms with Crippen LogP contribution in [-0.2, 0) is 22.6 Å². The molecular formula is C15H24N4O4. The molecule has 23 heavy (non-hydrogen) atoms. The van der Waals surface area contributed by atoms with Crippen LogP contribution in [-0.4, -0.2) is 46.1 Å². The number of amides is 1. The molecule has 0 unspecified atom stereocenters. The van der Waals surface area contributed by atoms with E-state index in [0.29, 0.717) is 19.6 Å². The third-order valence-electron chi connectivity index (χ3n) is 3.51. The van der Waals surface area contributed by atoms with Crippen molar-refractivity contribution in [1.29, 1.82) is 0 Å². The summed E-state index contributed by atoms with van der Waals surface area (Å²) in [6.07, 6.45) is -0.937. The fraction of sp³-hybridized carbons (Fsp3) is 0.667. The van der Waals surface area contributed by atoms with Crippen molar-refractivity contribution in [2.24, 2.45) is 0 Å². The Morgan fingerprint density at radius 3 is 2.57 bits per heavy atom. The summed E-state index contributed by atoms with van der Waals surface area (Å²) in [7, 11) is 1.81. The number of hydrogen-bond acceptors (Lipinski definition) is 6. The van der Waals surface area contributed by atoms with Gasteiger partial charge in [-0.05, 0) is 34.1 Å². The number of anilines is 1. The fourth-order valence-corrected chi connectivity index (χ4v) is 2.44. The third-order valence-corrected chi connectivity index (χ3v) is 3.51. The van der Waals surface area contributed by atoms with Crippen LogP contribution >= 0.6 is 0 Å². The molecule has 0 radical (unpaired) electrons. The van der Waals surface area contributed by atoms with Gasteiger partial charge in [0.2, 0.25) is 0 Å². The third kappa shape index (κ3) is 4.14. The van der Waals surface area contributed by atoms with E-state index >= 15 is 0 Å². The molecule has 0 saturated carbocycles. The van der Waals surface area contributed by atoms with Crippen molar-refractivity contribution >= 4 is 18.1 Å². The Morgan fingerprint density at radius 2 is 1.96 bits per heavy atom. The Kier molecular flexibility index (Phi) is 4.82. The maximum atomic E-state index is 12.2. The summed E-state index contributed by atoms with van der Waals surface area (Å²) in [6.45, 7) is 8.66. The number of fused-ring (bicyclic) bond motifs is 1. The number of carbonyl (C=O) groups excluding carboxylic acids is 2. The molecule has 0 spiro atoms. The number of ether oxygens (including phenoxy) is 2. The van der Waals surface area contributed by atoms with E-state index in [1.54, 1.807) is 20.8 Å². The molecule has 1 aliphatic heterocycles. The molecule has 1 aromatic rings. The van der Waals surface area contributed by atoms with Crippen LogP contribution in [0.5, 0.6) is 0 Å². The van der Waals surface area contributed by atoms with Crippen molar-refractivity contribution in [3.8, 4) is 0 Å². The number of aryl methyl sites for hydroxylation is 1. The summed E-state index contributed by atoms with van der Waals surface area (Å²) in [4.78, 5) is 25.3. The van der Waals surface area contributed by atoms with Crippen molar-refractivity contribution < 1.29 is 19.1 Å². The average molecular weight is 324 g/mol. The lowest BCUT2D eigenvalue weighted by Crippen LogP contribution is -2.35. The first-order chi connectivity index (χ1) is 10.7. The molecule has 1 aromatic heterocycles. The molecule has 0 fully saturated rings. The fourth-order valence-electron chi connectivity index (χ4n) is 2.44. The van der Waals surface area contributed by atoms with Crippen LogP contribution in [0, 0.1) is 6.92 Å². The van der Waals surface area contributed by atoms with Crippen LogP contribution in [0.1, 0.15) is 38.4 Å². The molecule has 128 valence electrons. The molecule has 8 nitrogen and oxygen atoms in total. The Morgan fingerprint density at radius 1 is 1.26 bits per heavy atom. The number of carbonyl (C=O) groups is 2. The van der Waals surface area contributed by atoms with Crippen LogP contribution in [0.4, 0.5) is 15.4 Å². The molecule has 1 N–H and O–H groups in total. The van der Waals surface area contributed by atoms with Gasteiger partial charge in [0, 0.05) is 25.7 Å². The first-order valence-electron chi connectivity index (χ1n) is 7.65. The first kappa shape index (κ1) is 17.1. The molecule has 0 bridgehead atoms. The Balaban J connectivity index is 2.07. The van der Waals surface area contributed by atoms with E-state index in [2.05, 4.69) is 10.4 Å². The van der Waals surface area contributed by atoms with Gasteiger partial charge >= 0.3 is 12.2 Å². The number of hydrogen-bond donors (Lipinski definition) is 1. The van der Waals surface area contributed by atoms with E-state index in [9.17, 15) is 9.59 Å². The Hall–Kier alpha value is -2.25. The Labute approximate surface area is 135 Å². The number of nitrogens with one attached hydrogen (secondary N) is 1. The van der Waals surface area contributed by atoms with E-state index in [-0.39, 0.29) is 0 Å². The van der Waals surface area contributed by atoms with Crippen LogP contribution in [0.15, 0.2) is 0 Å². The lowest BCUT2D eigenvalue weighted by atomic mass is 10.2. The van der Waals surface area contributed by atoms with E-state index in [4.69, 9.17) is 9.47 Å². The largest absolute Gasteiger partial charge is 0.517 e. The van der Waals surface area contributed by atoms with Gasteiger partial charge in [0.15, 0.2) is 5.82 Å². The normalized spacial score (nSPS) is 14.7. The summed E-state index contributed by atoms with van der Waals surface area (Å²) in [5, 5.41) is 7.50. The van der Waals surface area contributed by atoms with Crippen LogP contribution < -0.4 is 5.32 Å². The van der Waals surface area contributed by atoms with Gasteiger partial charge in [-0.25, -0.2) is 9.59 Å². The van der Waals surface area contributed by atoms with Gasteiger partial charge in [-0.1, -0.05) is 0 Å². The lowest BCUT2D eigenvalue weighted by Gasteiger charge is -2.22. The van der Waals surface area contributed by atoms with Crippen molar-refractivity contribution in [3.63, 3.8) is 0 Å². The SMILES string of the molecule is CNc1nn2c(c1C)CN(C(=O)OC(=O)OC(C)(C)C)CCC2. The molecule has 0 atom stereocenters. The van der Waals surface area contributed by atoms with Crippen molar-refractivity contribution in [3.05, 3.63) is 11.3 Å². The monoisotopic (exact) mass is 324 g/mol. The smallest absolute Gasteiger partial charge is 0.428 e. The molecule has 1 amide bonds. The molecule has 2 rings (SSSR count). The van der Waals surface area contributed by atoms with E-state index in [1.165, 1.54) is 4.90 Å². The number of rotatable bonds is 1. The van der Waals surface area contributed by atoms with E-state index in [1.807, 2.05) is 18.7 Å². The second kappa shape index (κ2) is 6.47. The van der Waals surface area contributed by atoms with E-state index in [0.717, 1.165) is 23.5 Å². The maximum Gasteiger partial charge on any atom is 0.517 e. The number of aromatic nitrogens is 2. The second-order valence-corrected chi connectivity index (χ2v) is 6.50. The first-order valence-corrected chi connectivity index (χ1v) is 7.65. The zero-order chi connectivity index (χ0) is 17.2. The molecule has 0 aromatic carbocycles. The summed E-state index contributed by atoms with van der Waals surface area (Å²) in [6, 6.07) is 0. The second-order valence-electron chi connectivity index (χ2n) is 6.50. The molecule has 0 aliphatic carbocycles. The molecular weight excluding hydrogens is 300 g/mol. The quantitative estimate of drug-likeness (QED) is 0.631. The van der Waals surface area contributed by atoms with Gasteiger partial charge < -0.3 is 19.7 Å². The lowest BCUT2D eigenvalue weighted by molar-refractivity contribution is 0.00234. The van der Waals surface area contributed by atoms with Crippen LogP contribution in [0.2, 0.25) is 0 Å². The minimum atomic E-state index is -0.979. The zero-order valence-electron chi connectivity index (χ0n) is 14.3. The predicted octanol–water partition coefficient (Wildman–Crippen LogP) is 2.51. The van der Waals surface area contributed by atoms with Gasteiger partial charge in [0.1, 0.15) is 5.60 Å². The van der Waals surface area contributed by atoms with E-state index < -0.39 is 17.8 Å². The van der Waals surface area contributed by atoms with Gasteiger partial charge in [-0.3, -0.25) is 4.68 Å². The average Bonchev–Trinajstić information content (AvgIpc) is 2.60. The zero-order valence-corrected chi connectivity index (χ0v) is 14.3. The minimum Gasteiger partial charge on any atom is -0.428 e. The summed E-state index contributed by atoms with van der Waals surface area (Å²) >= 11 is 0. The molecule has 1 aliphatic rings. The maximum absolute atomic E-state index is 12.2. The summed E-state index contributed by atoms with van der Waals surface area (Å²) in [5.74, 6) is 0.794. The highest BCUT2D eigenvalue weighted by molar-refractivity contribution is 5.80. The number of nitrogens with zero attached hydrogens (tertiary/aromatic N) is 3. The summed E-state index contributed by atoms with van der Waals surface area (Å²) < 4.78 is 11.7. The molecule has 2 heterocycles. The predicted molar refractivity (Wildman–Crippen MR) is 84.3 cm³/mol. The van der Waals surface area contributed by atoms with Crippen molar-refractivity contribution in [2.75, 3.05) is 18.9 Å². The van der Waals surface area contributed by atoms with Gasteiger partial charge in [0.05, 0.1) is 12.2 Å². The minimum absolute atomic E-state index is 0.349.